The Hall–Kier alpha value is -3.22. The third-order valence-electron chi connectivity index (χ3n) is 4.95. The number of hydrogen-bond acceptors (Lipinski definition) is 8. The van der Waals surface area contributed by atoms with Crippen molar-refractivity contribution in [2.75, 3.05) is 23.4 Å². The maximum atomic E-state index is 14.3. The van der Waals surface area contributed by atoms with Gasteiger partial charge < -0.3 is 20.8 Å². The van der Waals surface area contributed by atoms with E-state index in [1.165, 1.54) is 12.3 Å². The summed E-state index contributed by atoms with van der Waals surface area (Å²) in [4.78, 5) is 20.5. The van der Waals surface area contributed by atoms with Crippen LogP contribution in [0.1, 0.15) is 36.7 Å². The first-order valence-electron chi connectivity index (χ1n) is 10.2. The predicted octanol–water partition coefficient (Wildman–Crippen LogP) is 2.94. The van der Waals surface area contributed by atoms with Crippen LogP contribution < -0.4 is 15.4 Å². The minimum atomic E-state index is -3.17. The molecule has 3 rings (SSSR count). The molecule has 0 aliphatic carbocycles. The molecule has 1 amide bonds. The van der Waals surface area contributed by atoms with Crippen LogP contribution in [0, 0.1) is 17.1 Å². The lowest BCUT2D eigenvalue weighted by atomic mass is 9.98. The molecule has 34 heavy (non-hydrogen) atoms. The molecule has 3 heterocycles. The molecule has 3 N–H and O–H groups in total. The molecule has 2 aromatic rings. The van der Waals surface area contributed by atoms with Crippen molar-refractivity contribution in [3.8, 4) is 5.88 Å². The summed E-state index contributed by atoms with van der Waals surface area (Å²) in [5.74, 6) is -2.18. The molecule has 1 aliphatic rings. The van der Waals surface area contributed by atoms with Gasteiger partial charge in [0, 0.05) is 23.5 Å². The van der Waals surface area contributed by atoms with Crippen molar-refractivity contribution in [3.05, 3.63) is 41.5 Å². The molecule has 0 aromatic carbocycles. The fraction of sp³-hybridized carbons (Fsp3) is 0.429. The molecule has 2 aromatic heterocycles. The number of ether oxygens (including phenoxy) is 1. The minimum absolute atomic E-state index is 0.0533. The van der Waals surface area contributed by atoms with Crippen molar-refractivity contribution in [2.24, 2.45) is 5.92 Å². The van der Waals surface area contributed by atoms with Gasteiger partial charge in [0.25, 0.3) is 12.3 Å². The fourth-order valence-corrected chi connectivity index (χ4v) is 5.42. The number of pyridine rings is 2. The van der Waals surface area contributed by atoms with Gasteiger partial charge in [0.2, 0.25) is 5.88 Å². The molecule has 13 heteroatoms. The molecule has 0 atom stereocenters. The van der Waals surface area contributed by atoms with Gasteiger partial charge in [-0.15, -0.1) is 0 Å². The number of carbonyl (C=O) groups is 1. The van der Waals surface area contributed by atoms with Crippen LogP contribution in [0.2, 0.25) is 0 Å². The molecule has 1 aliphatic heterocycles. The lowest BCUT2D eigenvalue weighted by molar-refractivity contribution is 0.0795. The third-order valence-corrected chi connectivity index (χ3v) is 7.10. The van der Waals surface area contributed by atoms with E-state index in [9.17, 15) is 26.4 Å². The van der Waals surface area contributed by atoms with Crippen molar-refractivity contribution < 1.29 is 31.1 Å². The highest BCUT2D eigenvalue weighted by atomic mass is 32.2. The molecule has 0 radical (unpaired) electrons. The van der Waals surface area contributed by atoms with E-state index in [0.29, 0.717) is 0 Å². The average molecular weight is 500 g/mol. The van der Waals surface area contributed by atoms with Crippen LogP contribution in [-0.4, -0.2) is 60.1 Å². The van der Waals surface area contributed by atoms with Crippen molar-refractivity contribution in [3.63, 3.8) is 0 Å². The molecule has 1 fully saturated rings. The second kappa shape index (κ2) is 9.57. The smallest absolute Gasteiger partial charge is 0.272 e. The van der Waals surface area contributed by atoms with E-state index in [-0.39, 0.29) is 51.6 Å². The number of nitrogens with zero attached hydrogens (tertiary/aromatic N) is 2. The Morgan fingerprint density at radius 2 is 1.91 bits per heavy atom. The van der Waals surface area contributed by atoms with Crippen LogP contribution >= 0.6 is 0 Å². The maximum Gasteiger partial charge on any atom is 0.272 e. The SMILES string of the molecule is CC(C)C(=N)c1cc(C(=O)NC2(C)CS(=O)(=O)C2)cnc1Nc1cc(OCC(F)F)ncc1F. The second-order valence-corrected chi connectivity index (χ2v) is 10.6. The van der Waals surface area contributed by atoms with Crippen molar-refractivity contribution in [1.29, 1.82) is 5.41 Å². The predicted molar refractivity (Wildman–Crippen MR) is 119 cm³/mol. The lowest BCUT2D eigenvalue weighted by Crippen LogP contribution is -2.63. The topological polar surface area (TPSA) is 134 Å². The lowest BCUT2D eigenvalue weighted by Gasteiger charge is -2.38. The second-order valence-electron chi connectivity index (χ2n) is 8.57. The van der Waals surface area contributed by atoms with E-state index < -0.39 is 40.1 Å². The molecular weight excluding hydrogens is 475 g/mol. The number of sulfone groups is 1. The number of halogens is 3. The third kappa shape index (κ3) is 6.01. The van der Waals surface area contributed by atoms with Crippen molar-refractivity contribution in [1.82, 2.24) is 15.3 Å². The summed E-state index contributed by atoms with van der Waals surface area (Å²) in [7, 11) is -3.17. The number of carbonyl (C=O) groups excluding carboxylic acids is 1. The van der Waals surface area contributed by atoms with Crippen LogP contribution in [-0.2, 0) is 9.84 Å². The Labute approximate surface area is 194 Å². The molecule has 9 nitrogen and oxygen atoms in total. The molecule has 184 valence electrons. The van der Waals surface area contributed by atoms with E-state index in [2.05, 4.69) is 20.6 Å². The normalized spacial score (nSPS) is 16.1. The first kappa shape index (κ1) is 25.4. The summed E-state index contributed by atoms with van der Waals surface area (Å²) < 4.78 is 66.9. The Morgan fingerprint density at radius 1 is 1.24 bits per heavy atom. The van der Waals surface area contributed by atoms with Gasteiger partial charge >= 0.3 is 0 Å². The summed E-state index contributed by atoms with van der Waals surface area (Å²) in [5, 5.41) is 13.8. The maximum absolute atomic E-state index is 14.3. The Balaban J connectivity index is 1.89. The van der Waals surface area contributed by atoms with Gasteiger partial charge in [-0.3, -0.25) is 4.79 Å². The molecule has 1 saturated heterocycles. The number of rotatable bonds is 9. The summed E-state index contributed by atoms with van der Waals surface area (Å²) in [6.45, 7) is 4.21. The summed E-state index contributed by atoms with van der Waals surface area (Å²) in [6.07, 6.45) is -0.728. The summed E-state index contributed by atoms with van der Waals surface area (Å²) in [5.41, 5.74) is -0.666. The number of amides is 1. The van der Waals surface area contributed by atoms with Gasteiger partial charge in [-0.1, -0.05) is 13.8 Å². The number of hydrogen-bond donors (Lipinski definition) is 3. The molecular formula is C21H24F3N5O4S. The van der Waals surface area contributed by atoms with Gasteiger partial charge in [-0.25, -0.2) is 31.6 Å². The zero-order chi connectivity index (χ0) is 25.3. The number of anilines is 2. The van der Waals surface area contributed by atoms with Gasteiger partial charge in [-0.05, 0) is 18.9 Å². The standard InChI is InChI=1S/C21H24F3N5O4S/c1-11(2)18(25)13-4-12(20(30)29-21(3)9-34(31,32)10-21)6-27-19(13)28-15-5-17(26-7-14(15)22)33-8-16(23)24/h4-7,11,16,25H,8-10H2,1-3H3,(H,29,30)(H,26,27,28). The first-order valence-corrected chi connectivity index (χ1v) is 12.1. The summed E-state index contributed by atoms with van der Waals surface area (Å²) in [6, 6.07) is 2.48. The first-order chi connectivity index (χ1) is 15.8. The van der Waals surface area contributed by atoms with E-state index in [1.807, 2.05) is 0 Å². The molecule has 0 spiro atoms. The monoisotopic (exact) mass is 499 g/mol. The average Bonchev–Trinajstić information content (AvgIpc) is 2.72. The van der Waals surface area contributed by atoms with E-state index in [0.717, 1.165) is 12.3 Å². The molecule has 0 saturated carbocycles. The van der Waals surface area contributed by atoms with E-state index >= 15 is 0 Å². The van der Waals surface area contributed by atoms with Crippen LogP contribution in [0.25, 0.3) is 0 Å². The quantitative estimate of drug-likeness (QED) is 0.452. The Morgan fingerprint density at radius 3 is 2.50 bits per heavy atom. The van der Waals surface area contributed by atoms with Crippen LogP contribution in [0.15, 0.2) is 24.5 Å². The Bertz CT molecular complexity index is 1210. The fourth-order valence-electron chi connectivity index (χ4n) is 3.42. The zero-order valence-corrected chi connectivity index (χ0v) is 19.5. The highest BCUT2D eigenvalue weighted by Gasteiger charge is 2.45. The highest BCUT2D eigenvalue weighted by molar-refractivity contribution is 7.93. The molecule has 0 unspecified atom stereocenters. The number of alkyl halides is 2. The molecule has 0 bridgehead atoms. The van der Waals surface area contributed by atoms with E-state index in [1.54, 1.807) is 20.8 Å². The van der Waals surface area contributed by atoms with Gasteiger partial charge in [0.15, 0.2) is 22.3 Å². The van der Waals surface area contributed by atoms with Gasteiger partial charge in [0.1, 0.15) is 5.82 Å². The summed E-state index contributed by atoms with van der Waals surface area (Å²) >= 11 is 0. The zero-order valence-electron chi connectivity index (χ0n) is 18.7. The van der Waals surface area contributed by atoms with Gasteiger partial charge in [0.05, 0.1) is 34.5 Å². The van der Waals surface area contributed by atoms with Crippen LogP contribution in [0.4, 0.5) is 24.7 Å². The Kier molecular flexibility index (Phi) is 7.15. The van der Waals surface area contributed by atoms with Crippen LogP contribution in [0.3, 0.4) is 0 Å². The van der Waals surface area contributed by atoms with Crippen molar-refractivity contribution >= 4 is 33.0 Å². The number of nitrogens with one attached hydrogen (secondary N) is 3. The number of aromatic nitrogens is 2. The van der Waals surface area contributed by atoms with Crippen molar-refractivity contribution in [2.45, 2.75) is 32.7 Å². The highest BCUT2D eigenvalue weighted by Crippen LogP contribution is 2.27. The van der Waals surface area contributed by atoms with Crippen LogP contribution in [0.5, 0.6) is 5.88 Å². The van der Waals surface area contributed by atoms with Gasteiger partial charge in [-0.2, -0.15) is 0 Å². The largest absolute Gasteiger partial charge is 0.472 e. The van der Waals surface area contributed by atoms with E-state index in [4.69, 9.17) is 10.1 Å². The minimum Gasteiger partial charge on any atom is -0.472 e.